The summed E-state index contributed by atoms with van der Waals surface area (Å²) in [5, 5.41) is 0. The van der Waals surface area contributed by atoms with E-state index in [9.17, 15) is 0 Å². The highest BCUT2D eigenvalue weighted by Crippen LogP contribution is 2.18. The highest BCUT2D eigenvalue weighted by Gasteiger charge is 2.23. The summed E-state index contributed by atoms with van der Waals surface area (Å²) in [6, 6.07) is 0.867. The largest absolute Gasteiger partial charge is 0.305 e. The van der Waals surface area contributed by atoms with Crippen molar-refractivity contribution < 1.29 is 0 Å². The molecule has 16 heavy (non-hydrogen) atoms. The summed E-state index contributed by atoms with van der Waals surface area (Å²) in [7, 11) is 2.27. The van der Waals surface area contributed by atoms with Gasteiger partial charge in [-0.05, 0) is 52.4 Å². The summed E-state index contributed by atoms with van der Waals surface area (Å²) in [5.41, 5.74) is 0. The van der Waals surface area contributed by atoms with Crippen LogP contribution in [0.5, 0.6) is 0 Å². The first-order valence-corrected chi connectivity index (χ1v) is 7.29. The lowest BCUT2D eigenvalue weighted by atomic mass is 10.0. The minimum absolute atomic E-state index is 0.867. The smallest absolute Gasteiger partial charge is 0.0223 e. The zero-order valence-electron chi connectivity index (χ0n) is 11.5. The second kappa shape index (κ2) is 8.08. The highest BCUT2D eigenvalue weighted by atomic mass is 15.2. The molecule has 0 N–H and O–H groups in total. The van der Waals surface area contributed by atoms with Crippen LogP contribution in [0.3, 0.4) is 0 Å². The molecule has 2 aliphatic heterocycles. The lowest BCUT2D eigenvalue weighted by Gasteiger charge is -2.37. The van der Waals surface area contributed by atoms with Crippen molar-refractivity contribution in [2.24, 2.45) is 0 Å². The van der Waals surface area contributed by atoms with E-state index in [4.69, 9.17) is 0 Å². The van der Waals surface area contributed by atoms with Gasteiger partial charge in [-0.15, -0.1) is 0 Å². The van der Waals surface area contributed by atoms with Crippen LogP contribution in [0.25, 0.3) is 0 Å². The molecule has 0 aromatic carbocycles. The van der Waals surface area contributed by atoms with E-state index in [-0.39, 0.29) is 0 Å². The zero-order chi connectivity index (χ0) is 11.8. The summed E-state index contributed by atoms with van der Waals surface area (Å²) < 4.78 is 0. The van der Waals surface area contributed by atoms with E-state index in [1.54, 1.807) is 0 Å². The van der Waals surface area contributed by atoms with Gasteiger partial charge in [0.15, 0.2) is 0 Å². The molecule has 0 amide bonds. The first-order valence-electron chi connectivity index (χ1n) is 7.29. The third-order valence-electron chi connectivity index (χ3n) is 3.76. The maximum absolute atomic E-state index is 2.75. The van der Waals surface area contributed by atoms with Gasteiger partial charge in [-0.25, -0.2) is 0 Å². The van der Waals surface area contributed by atoms with Gasteiger partial charge in [0.2, 0.25) is 0 Å². The summed E-state index contributed by atoms with van der Waals surface area (Å²) >= 11 is 0. The van der Waals surface area contributed by atoms with E-state index >= 15 is 0 Å². The van der Waals surface area contributed by atoms with Crippen molar-refractivity contribution in [1.29, 1.82) is 0 Å². The normalized spacial score (nSPS) is 29.1. The van der Waals surface area contributed by atoms with Crippen LogP contribution >= 0.6 is 0 Å². The number of hydrogen-bond acceptors (Lipinski definition) is 2. The number of nitrogens with zero attached hydrogens (tertiary/aromatic N) is 2. The minimum atomic E-state index is 0.867. The monoisotopic (exact) mass is 226 g/mol. The Hall–Kier alpha value is -0.0800. The van der Waals surface area contributed by atoms with E-state index in [1.165, 1.54) is 64.7 Å². The molecular formula is C14H30N2. The second-order valence-electron chi connectivity index (χ2n) is 5.01. The van der Waals surface area contributed by atoms with Crippen LogP contribution in [0.15, 0.2) is 0 Å². The van der Waals surface area contributed by atoms with Crippen molar-refractivity contribution in [1.82, 2.24) is 9.80 Å². The van der Waals surface area contributed by atoms with E-state index < -0.39 is 0 Å². The van der Waals surface area contributed by atoms with Crippen molar-refractivity contribution in [3.8, 4) is 0 Å². The molecule has 2 nitrogen and oxygen atoms in total. The average molecular weight is 226 g/mol. The lowest BCUT2D eigenvalue weighted by Crippen LogP contribution is -2.46. The maximum atomic E-state index is 2.75. The van der Waals surface area contributed by atoms with Gasteiger partial charge >= 0.3 is 0 Å². The van der Waals surface area contributed by atoms with Gasteiger partial charge in [0.25, 0.3) is 0 Å². The number of hydrogen-bond donors (Lipinski definition) is 0. The Morgan fingerprint density at radius 2 is 1.44 bits per heavy atom. The van der Waals surface area contributed by atoms with Crippen LogP contribution in [0, 0.1) is 0 Å². The van der Waals surface area contributed by atoms with Crippen LogP contribution in [0.1, 0.15) is 52.4 Å². The summed E-state index contributed by atoms with van der Waals surface area (Å²) in [4.78, 5) is 5.25. The van der Waals surface area contributed by atoms with Crippen molar-refractivity contribution in [2.75, 3.05) is 33.2 Å². The molecule has 2 rings (SSSR count). The van der Waals surface area contributed by atoms with Gasteiger partial charge in [-0.1, -0.05) is 26.7 Å². The van der Waals surface area contributed by atoms with E-state index in [2.05, 4.69) is 16.8 Å². The zero-order valence-corrected chi connectivity index (χ0v) is 11.5. The highest BCUT2D eigenvalue weighted by molar-refractivity contribution is 4.80. The quantitative estimate of drug-likeness (QED) is 0.678. The average Bonchev–Trinajstić information content (AvgIpc) is 2.60. The second-order valence-corrected chi connectivity index (χ2v) is 5.01. The van der Waals surface area contributed by atoms with Gasteiger partial charge in [-0.2, -0.15) is 0 Å². The first kappa shape index (κ1) is 14.0. The van der Waals surface area contributed by atoms with Gasteiger partial charge in [-0.3, -0.25) is 4.90 Å². The van der Waals surface area contributed by atoms with Crippen molar-refractivity contribution in [3.63, 3.8) is 0 Å². The third-order valence-corrected chi connectivity index (χ3v) is 3.76. The summed E-state index contributed by atoms with van der Waals surface area (Å²) in [6.07, 6.45) is 8.61. The molecule has 2 aliphatic rings. The number of likely N-dealkylation sites (tertiary alicyclic amines) is 2. The molecule has 0 bridgehead atoms. The van der Waals surface area contributed by atoms with Gasteiger partial charge in [0, 0.05) is 12.6 Å². The summed E-state index contributed by atoms with van der Waals surface area (Å²) in [6.45, 7) is 9.33. The SMILES string of the molecule is CC.CN1CCCC(N2CCCCCC2)C1. The van der Waals surface area contributed by atoms with Crippen molar-refractivity contribution in [3.05, 3.63) is 0 Å². The standard InChI is InChI=1S/C12H24N2.C2H6/c1-13-8-6-7-12(11-13)14-9-4-2-3-5-10-14;1-2/h12H,2-11H2,1H3;1-2H3. The van der Waals surface area contributed by atoms with E-state index in [0.29, 0.717) is 0 Å². The fourth-order valence-electron chi connectivity index (χ4n) is 2.90. The molecule has 2 fully saturated rings. The number of likely N-dealkylation sites (N-methyl/N-ethyl adjacent to an activating group) is 1. The molecule has 0 saturated carbocycles. The molecule has 1 atom stereocenters. The molecule has 2 saturated heterocycles. The van der Waals surface area contributed by atoms with Gasteiger partial charge in [0.05, 0.1) is 0 Å². The molecule has 96 valence electrons. The van der Waals surface area contributed by atoms with Gasteiger partial charge in [0.1, 0.15) is 0 Å². The Morgan fingerprint density at radius 3 is 2.00 bits per heavy atom. The Kier molecular flexibility index (Phi) is 7.06. The minimum Gasteiger partial charge on any atom is -0.305 e. The first-order chi connectivity index (χ1) is 7.86. The molecule has 2 heteroatoms. The van der Waals surface area contributed by atoms with Crippen LogP contribution in [-0.4, -0.2) is 49.1 Å². The molecule has 1 unspecified atom stereocenters. The molecule has 0 radical (unpaired) electrons. The fourth-order valence-corrected chi connectivity index (χ4v) is 2.90. The molecular weight excluding hydrogens is 196 g/mol. The van der Waals surface area contributed by atoms with Crippen LogP contribution in [0.4, 0.5) is 0 Å². The fraction of sp³-hybridized carbons (Fsp3) is 1.00. The van der Waals surface area contributed by atoms with Crippen molar-refractivity contribution >= 4 is 0 Å². The Balaban J connectivity index is 0.000000606. The Bertz CT molecular complexity index is 162. The molecule has 0 aliphatic carbocycles. The van der Waals surface area contributed by atoms with Gasteiger partial charge < -0.3 is 4.90 Å². The molecule has 0 aromatic heterocycles. The summed E-state index contributed by atoms with van der Waals surface area (Å²) in [5.74, 6) is 0. The maximum Gasteiger partial charge on any atom is 0.0223 e. The molecule has 0 spiro atoms. The number of piperidine rings is 1. The molecule has 0 aromatic rings. The van der Waals surface area contributed by atoms with Crippen LogP contribution in [-0.2, 0) is 0 Å². The predicted molar refractivity (Wildman–Crippen MR) is 71.9 cm³/mol. The Morgan fingerprint density at radius 1 is 0.812 bits per heavy atom. The lowest BCUT2D eigenvalue weighted by molar-refractivity contribution is 0.115. The number of rotatable bonds is 1. The van der Waals surface area contributed by atoms with E-state index in [1.807, 2.05) is 13.8 Å². The van der Waals surface area contributed by atoms with Crippen LogP contribution in [0.2, 0.25) is 0 Å². The van der Waals surface area contributed by atoms with E-state index in [0.717, 1.165) is 6.04 Å². The predicted octanol–water partition coefficient (Wildman–Crippen LogP) is 2.98. The third kappa shape index (κ3) is 4.42. The topological polar surface area (TPSA) is 6.48 Å². The van der Waals surface area contributed by atoms with Crippen LogP contribution < -0.4 is 0 Å². The Labute approximate surface area is 102 Å². The van der Waals surface area contributed by atoms with Crippen molar-refractivity contribution in [2.45, 2.75) is 58.4 Å². The molecule has 2 heterocycles.